The fourth-order valence-corrected chi connectivity index (χ4v) is 3.90. The van der Waals surface area contributed by atoms with E-state index in [0.29, 0.717) is 17.1 Å². The first-order valence-electron chi connectivity index (χ1n) is 7.57. The van der Waals surface area contributed by atoms with Crippen molar-refractivity contribution in [1.29, 1.82) is 0 Å². The molecule has 2 aromatic heterocycles. The minimum atomic E-state index is -0.274. The molecule has 0 aliphatic heterocycles. The third kappa shape index (κ3) is 2.83. The maximum absolute atomic E-state index is 13.6. The van der Waals surface area contributed by atoms with Crippen molar-refractivity contribution in [3.05, 3.63) is 75.9 Å². The van der Waals surface area contributed by atoms with Gasteiger partial charge in [-0.25, -0.2) is 9.37 Å². The molecule has 0 saturated heterocycles. The molecule has 2 nitrogen and oxygen atoms in total. The molecule has 0 unspecified atom stereocenters. The Balaban J connectivity index is 1.90. The van der Waals surface area contributed by atoms with E-state index in [-0.39, 0.29) is 5.82 Å². The average molecular weight is 357 g/mol. The van der Waals surface area contributed by atoms with E-state index >= 15 is 0 Å². The highest BCUT2D eigenvalue weighted by Crippen LogP contribution is 2.31. The zero-order chi connectivity index (χ0) is 16.7. The van der Waals surface area contributed by atoms with Gasteiger partial charge in [-0.05, 0) is 48.9 Å². The van der Waals surface area contributed by atoms with Crippen LogP contribution in [0.3, 0.4) is 0 Å². The second-order valence-electron chi connectivity index (χ2n) is 5.69. The Morgan fingerprint density at radius 2 is 2.00 bits per heavy atom. The van der Waals surface area contributed by atoms with Crippen LogP contribution in [0, 0.1) is 12.7 Å². The van der Waals surface area contributed by atoms with Crippen LogP contribution < -0.4 is 0 Å². The Kier molecular flexibility index (Phi) is 3.87. The lowest BCUT2D eigenvalue weighted by molar-refractivity contribution is 0.629. The summed E-state index contributed by atoms with van der Waals surface area (Å²) < 4.78 is 15.7. The van der Waals surface area contributed by atoms with Crippen molar-refractivity contribution in [2.45, 2.75) is 13.5 Å². The monoisotopic (exact) mass is 356 g/mol. The van der Waals surface area contributed by atoms with Gasteiger partial charge in [-0.15, -0.1) is 11.3 Å². The number of aromatic nitrogens is 2. The Morgan fingerprint density at radius 3 is 2.75 bits per heavy atom. The SMILES string of the molecule is Cc1ccc(-c2nc3cc(F)ccc3n2Cc2cccc(Cl)c2)s1. The summed E-state index contributed by atoms with van der Waals surface area (Å²) in [5.41, 5.74) is 2.66. The van der Waals surface area contributed by atoms with Crippen molar-refractivity contribution in [2.24, 2.45) is 0 Å². The Hall–Kier alpha value is -2.17. The summed E-state index contributed by atoms with van der Waals surface area (Å²) in [7, 11) is 0. The van der Waals surface area contributed by atoms with E-state index in [1.54, 1.807) is 17.4 Å². The molecule has 120 valence electrons. The van der Waals surface area contributed by atoms with Crippen LogP contribution in [0.4, 0.5) is 4.39 Å². The number of aryl methyl sites for hydroxylation is 1. The van der Waals surface area contributed by atoms with Gasteiger partial charge in [-0.2, -0.15) is 0 Å². The highest BCUT2D eigenvalue weighted by atomic mass is 35.5. The normalized spacial score (nSPS) is 11.3. The Morgan fingerprint density at radius 1 is 1.12 bits per heavy atom. The molecule has 2 heterocycles. The zero-order valence-corrected chi connectivity index (χ0v) is 14.5. The number of nitrogens with zero attached hydrogens (tertiary/aromatic N) is 2. The molecule has 24 heavy (non-hydrogen) atoms. The van der Waals surface area contributed by atoms with E-state index in [1.165, 1.54) is 17.0 Å². The van der Waals surface area contributed by atoms with Crippen LogP contribution in [0.1, 0.15) is 10.4 Å². The van der Waals surface area contributed by atoms with Gasteiger partial charge in [-0.1, -0.05) is 23.7 Å². The van der Waals surface area contributed by atoms with Crippen LogP contribution in [0.5, 0.6) is 0 Å². The standard InChI is InChI=1S/C19H14ClFN2S/c1-12-5-8-18(24-12)19-22-16-10-15(21)6-7-17(16)23(19)11-13-3-2-4-14(20)9-13/h2-10H,11H2,1H3. The van der Waals surface area contributed by atoms with Crippen LogP contribution in [-0.2, 0) is 6.54 Å². The van der Waals surface area contributed by atoms with Gasteiger partial charge in [0.05, 0.1) is 15.9 Å². The summed E-state index contributed by atoms with van der Waals surface area (Å²) >= 11 is 7.80. The van der Waals surface area contributed by atoms with Gasteiger partial charge >= 0.3 is 0 Å². The molecule has 0 atom stereocenters. The van der Waals surface area contributed by atoms with Gasteiger partial charge in [0.2, 0.25) is 0 Å². The lowest BCUT2D eigenvalue weighted by Crippen LogP contribution is -2.01. The molecule has 5 heteroatoms. The molecule has 0 bridgehead atoms. The Labute approximate surface area is 148 Å². The lowest BCUT2D eigenvalue weighted by Gasteiger charge is -2.09. The van der Waals surface area contributed by atoms with Gasteiger partial charge in [0.15, 0.2) is 5.82 Å². The van der Waals surface area contributed by atoms with Crippen molar-refractivity contribution in [2.75, 3.05) is 0 Å². The maximum Gasteiger partial charge on any atom is 0.151 e. The molecule has 0 spiro atoms. The van der Waals surface area contributed by atoms with Crippen LogP contribution in [0.15, 0.2) is 54.6 Å². The third-order valence-electron chi connectivity index (χ3n) is 3.90. The summed E-state index contributed by atoms with van der Waals surface area (Å²) in [6, 6.07) is 16.6. The number of thiophene rings is 1. The van der Waals surface area contributed by atoms with E-state index in [2.05, 4.69) is 28.6 Å². The van der Waals surface area contributed by atoms with E-state index in [0.717, 1.165) is 21.8 Å². The molecule has 4 rings (SSSR count). The molecule has 2 aromatic carbocycles. The van der Waals surface area contributed by atoms with E-state index in [4.69, 9.17) is 11.6 Å². The molecule has 0 fully saturated rings. The second-order valence-corrected chi connectivity index (χ2v) is 7.42. The summed E-state index contributed by atoms with van der Waals surface area (Å²) in [5, 5.41) is 0.705. The zero-order valence-electron chi connectivity index (χ0n) is 13.0. The number of imidazole rings is 1. The van der Waals surface area contributed by atoms with Gasteiger partial charge in [0, 0.05) is 22.5 Å². The number of hydrogen-bond acceptors (Lipinski definition) is 2. The van der Waals surface area contributed by atoms with Crippen LogP contribution in [-0.4, -0.2) is 9.55 Å². The average Bonchev–Trinajstić information content (AvgIpc) is 3.11. The molecule has 0 amide bonds. The predicted molar refractivity (Wildman–Crippen MR) is 98.3 cm³/mol. The molecule has 0 radical (unpaired) electrons. The van der Waals surface area contributed by atoms with Gasteiger partial charge in [0.1, 0.15) is 5.82 Å². The number of rotatable bonds is 3. The molecule has 0 aliphatic carbocycles. The summed E-state index contributed by atoms with van der Waals surface area (Å²) in [6.45, 7) is 2.70. The molecule has 0 N–H and O–H groups in total. The van der Waals surface area contributed by atoms with Crippen LogP contribution in [0.25, 0.3) is 21.7 Å². The number of hydrogen-bond donors (Lipinski definition) is 0. The predicted octanol–water partition coefficient (Wildman–Crippen LogP) is 5.91. The van der Waals surface area contributed by atoms with E-state index < -0.39 is 0 Å². The summed E-state index contributed by atoms with van der Waals surface area (Å²) in [6.07, 6.45) is 0. The summed E-state index contributed by atoms with van der Waals surface area (Å²) in [5.74, 6) is 0.581. The van der Waals surface area contributed by atoms with Crippen LogP contribution in [0.2, 0.25) is 5.02 Å². The van der Waals surface area contributed by atoms with Crippen molar-refractivity contribution < 1.29 is 4.39 Å². The van der Waals surface area contributed by atoms with Crippen molar-refractivity contribution in [3.63, 3.8) is 0 Å². The van der Waals surface area contributed by atoms with Gasteiger partial charge in [-0.3, -0.25) is 0 Å². The first kappa shape index (κ1) is 15.4. The lowest BCUT2D eigenvalue weighted by atomic mass is 10.2. The molecular formula is C19H14ClFN2S. The molecule has 0 saturated carbocycles. The number of fused-ring (bicyclic) bond motifs is 1. The fourth-order valence-electron chi connectivity index (χ4n) is 2.82. The van der Waals surface area contributed by atoms with Crippen molar-refractivity contribution >= 4 is 34.0 Å². The smallest absolute Gasteiger partial charge is 0.151 e. The fraction of sp³-hybridized carbons (Fsp3) is 0.105. The first-order valence-corrected chi connectivity index (χ1v) is 8.76. The van der Waals surface area contributed by atoms with Crippen molar-refractivity contribution in [1.82, 2.24) is 9.55 Å². The number of benzene rings is 2. The largest absolute Gasteiger partial charge is 0.319 e. The second kappa shape index (κ2) is 6.04. The minimum Gasteiger partial charge on any atom is -0.319 e. The Bertz CT molecular complexity index is 1030. The van der Waals surface area contributed by atoms with Gasteiger partial charge in [0.25, 0.3) is 0 Å². The number of halogens is 2. The van der Waals surface area contributed by atoms with Crippen LogP contribution >= 0.6 is 22.9 Å². The quantitative estimate of drug-likeness (QED) is 0.446. The van der Waals surface area contributed by atoms with Crippen molar-refractivity contribution in [3.8, 4) is 10.7 Å². The molecule has 4 aromatic rings. The summed E-state index contributed by atoms with van der Waals surface area (Å²) in [4.78, 5) is 6.97. The molecular weight excluding hydrogens is 343 g/mol. The van der Waals surface area contributed by atoms with E-state index in [1.807, 2.05) is 24.3 Å². The molecule has 0 aliphatic rings. The van der Waals surface area contributed by atoms with E-state index in [9.17, 15) is 4.39 Å². The van der Waals surface area contributed by atoms with Gasteiger partial charge < -0.3 is 4.57 Å². The highest BCUT2D eigenvalue weighted by molar-refractivity contribution is 7.15. The minimum absolute atomic E-state index is 0.274. The first-order chi connectivity index (χ1) is 11.6. The highest BCUT2D eigenvalue weighted by Gasteiger charge is 2.15. The topological polar surface area (TPSA) is 17.8 Å². The maximum atomic E-state index is 13.6. The third-order valence-corrected chi connectivity index (χ3v) is 5.13.